The maximum atomic E-state index is 11.9. The van der Waals surface area contributed by atoms with E-state index in [9.17, 15) is 4.79 Å². The Morgan fingerprint density at radius 3 is 3.12 bits per heavy atom. The number of thiophene rings is 1. The quantitative estimate of drug-likeness (QED) is 0.943. The Bertz CT molecular complexity index is 495. The Kier molecular flexibility index (Phi) is 3.96. The molecular weight excluding hydrogens is 302 g/mol. The first-order valence-corrected chi connectivity index (χ1v) is 6.85. The normalized spacial score (nSPS) is 12.4. The Balaban J connectivity index is 1.93. The van der Waals surface area contributed by atoms with Gasteiger partial charge in [0.15, 0.2) is 0 Å². The molecule has 0 aliphatic carbocycles. The minimum Gasteiger partial charge on any atom is -0.347 e. The number of rotatable bonds is 4. The Morgan fingerprint density at radius 1 is 1.71 bits per heavy atom. The molecule has 1 N–H and O–H groups in total. The van der Waals surface area contributed by atoms with Gasteiger partial charge >= 0.3 is 0 Å². The van der Waals surface area contributed by atoms with Gasteiger partial charge in [-0.1, -0.05) is 0 Å². The van der Waals surface area contributed by atoms with Gasteiger partial charge in [0.25, 0.3) is 5.91 Å². The maximum Gasteiger partial charge on any atom is 0.262 e. The van der Waals surface area contributed by atoms with Crippen LogP contribution in [0, 0.1) is 0 Å². The minimum absolute atomic E-state index is 0.0383. The van der Waals surface area contributed by atoms with E-state index in [1.165, 1.54) is 11.3 Å². The molecule has 0 saturated heterocycles. The Hall–Kier alpha value is -1.14. The predicted molar refractivity (Wildman–Crippen MR) is 71.2 cm³/mol. The van der Waals surface area contributed by atoms with Gasteiger partial charge < -0.3 is 5.32 Å². The lowest BCUT2D eigenvalue weighted by atomic mass is 10.3. The van der Waals surface area contributed by atoms with Crippen molar-refractivity contribution < 1.29 is 4.79 Å². The summed E-state index contributed by atoms with van der Waals surface area (Å²) in [4.78, 5) is 12.6. The van der Waals surface area contributed by atoms with E-state index in [-0.39, 0.29) is 11.9 Å². The first kappa shape index (κ1) is 12.3. The van der Waals surface area contributed by atoms with Crippen LogP contribution in [0.1, 0.15) is 16.6 Å². The highest BCUT2D eigenvalue weighted by molar-refractivity contribution is 9.10. The standard InChI is InChI=1S/C11H12BrN3OS/c1-8(7-15-5-2-4-13-15)14-11(16)10-9(12)3-6-17-10/h2-6,8H,7H2,1H3,(H,14,16)/t8-/m1/s1. The minimum atomic E-state index is -0.0495. The third-order valence-corrected chi connectivity index (χ3v) is 4.06. The molecule has 0 radical (unpaired) electrons. The van der Waals surface area contributed by atoms with Crippen molar-refractivity contribution in [3.63, 3.8) is 0 Å². The number of nitrogens with one attached hydrogen (secondary N) is 1. The molecule has 2 rings (SSSR count). The predicted octanol–water partition coefficient (Wildman–Crippen LogP) is 2.53. The molecule has 1 amide bonds. The molecule has 0 aliphatic rings. The SMILES string of the molecule is C[C@H](Cn1cccn1)NC(=O)c1sccc1Br. The first-order valence-electron chi connectivity index (χ1n) is 5.18. The molecule has 1 atom stereocenters. The van der Waals surface area contributed by atoms with Gasteiger partial charge in [-0.05, 0) is 40.4 Å². The van der Waals surface area contributed by atoms with Gasteiger partial charge in [-0.3, -0.25) is 9.48 Å². The van der Waals surface area contributed by atoms with Crippen molar-refractivity contribution >= 4 is 33.2 Å². The summed E-state index contributed by atoms with van der Waals surface area (Å²) in [6, 6.07) is 3.78. The van der Waals surface area contributed by atoms with Gasteiger partial charge in [-0.2, -0.15) is 5.10 Å². The zero-order valence-electron chi connectivity index (χ0n) is 9.26. The van der Waals surface area contributed by atoms with Crippen LogP contribution >= 0.6 is 27.3 Å². The molecule has 17 heavy (non-hydrogen) atoms. The fourth-order valence-corrected chi connectivity index (χ4v) is 2.93. The van der Waals surface area contributed by atoms with Crippen LogP contribution in [-0.2, 0) is 6.54 Å². The lowest BCUT2D eigenvalue weighted by molar-refractivity contribution is 0.0939. The summed E-state index contributed by atoms with van der Waals surface area (Å²) in [6.45, 7) is 2.63. The van der Waals surface area contributed by atoms with Crippen molar-refractivity contribution in [2.24, 2.45) is 0 Å². The number of aromatic nitrogens is 2. The van der Waals surface area contributed by atoms with Crippen molar-refractivity contribution in [3.05, 3.63) is 39.3 Å². The molecule has 0 aromatic carbocycles. The van der Waals surface area contributed by atoms with Crippen LogP contribution in [0.2, 0.25) is 0 Å². The van der Waals surface area contributed by atoms with E-state index >= 15 is 0 Å². The number of amides is 1. The highest BCUT2D eigenvalue weighted by Gasteiger charge is 2.14. The number of hydrogen-bond donors (Lipinski definition) is 1. The topological polar surface area (TPSA) is 46.9 Å². The van der Waals surface area contributed by atoms with Crippen molar-refractivity contribution in [1.82, 2.24) is 15.1 Å². The number of carbonyl (C=O) groups is 1. The third-order valence-electron chi connectivity index (χ3n) is 2.22. The molecule has 2 aromatic heterocycles. The lowest BCUT2D eigenvalue weighted by Crippen LogP contribution is -2.35. The second-order valence-electron chi connectivity index (χ2n) is 3.70. The monoisotopic (exact) mass is 313 g/mol. The smallest absolute Gasteiger partial charge is 0.262 e. The Morgan fingerprint density at radius 2 is 2.53 bits per heavy atom. The summed E-state index contributed by atoms with van der Waals surface area (Å²) in [6.07, 6.45) is 3.61. The largest absolute Gasteiger partial charge is 0.347 e. The van der Waals surface area contributed by atoms with Crippen LogP contribution in [-0.4, -0.2) is 21.7 Å². The first-order chi connectivity index (χ1) is 8.16. The molecule has 6 heteroatoms. The second-order valence-corrected chi connectivity index (χ2v) is 5.47. The number of carbonyl (C=O) groups excluding carboxylic acids is 1. The van der Waals surface area contributed by atoms with Crippen LogP contribution in [0.3, 0.4) is 0 Å². The molecule has 0 saturated carbocycles. The van der Waals surface area contributed by atoms with E-state index in [4.69, 9.17) is 0 Å². The fourth-order valence-electron chi connectivity index (χ4n) is 1.48. The zero-order chi connectivity index (χ0) is 12.3. The fraction of sp³-hybridized carbons (Fsp3) is 0.273. The lowest BCUT2D eigenvalue weighted by Gasteiger charge is -2.13. The molecule has 0 bridgehead atoms. The van der Waals surface area contributed by atoms with Crippen molar-refractivity contribution in [3.8, 4) is 0 Å². The van der Waals surface area contributed by atoms with Gasteiger partial charge in [0.1, 0.15) is 4.88 Å². The number of halogens is 1. The van der Waals surface area contributed by atoms with E-state index in [0.29, 0.717) is 11.4 Å². The molecule has 0 fully saturated rings. The molecule has 0 aliphatic heterocycles. The second kappa shape index (κ2) is 5.46. The summed E-state index contributed by atoms with van der Waals surface area (Å²) in [5.41, 5.74) is 0. The van der Waals surface area contributed by atoms with Gasteiger partial charge in [0.2, 0.25) is 0 Å². The molecule has 90 valence electrons. The van der Waals surface area contributed by atoms with Gasteiger partial charge in [-0.25, -0.2) is 0 Å². The van der Waals surface area contributed by atoms with Crippen LogP contribution in [0.15, 0.2) is 34.4 Å². The van der Waals surface area contributed by atoms with Crippen LogP contribution < -0.4 is 5.32 Å². The summed E-state index contributed by atoms with van der Waals surface area (Å²) < 4.78 is 2.64. The zero-order valence-corrected chi connectivity index (χ0v) is 11.7. The molecule has 0 spiro atoms. The molecule has 2 heterocycles. The molecule has 2 aromatic rings. The van der Waals surface area contributed by atoms with Crippen molar-refractivity contribution in [2.75, 3.05) is 0 Å². The summed E-state index contributed by atoms with van der Waals surface area (Å²) in [7, 11) is 0. The van der Waals surface area contributed by atoms with E-state index in [2.05, 4.69) is 26.3 Å². The Labute approximate surface area is 112 Å². The van der Waals surface area contributed by atoms with Crippen molar-refractivity contribution in [2.45, 2.75) is 19.5 Å². The van der Waals surface area contributed by atoms with Gasteiger partial charge in [0.05, 0.1) is 6.54 Å². The third kappa shape index (κ3) is 3.17. The molecule has 0 unspecified atom stereocenters. The van der Waals surface area contributed by atoms with E-state index in [1.807, 2.05) is 30.6 Å². The summed E-state index contributed by atoms with van der Waals surface area (Å²) >= 11 is 4.78. The van der Waals surface area contributed by atoms with E-state index in [0.717, 1.165) is 4.47 Å². The highest BCUT2D eigenvalue weighted by atomic mass is 79.9. The average molecular weight is 314 g/mol. The molecule has 4 nitrogen and oxygen atoms in total. The summed E-state index contributed by atoms with van der Waals surface area (Å²) in [5.74, 6) is -0.0495. The van der Waals surface area contributed by atoms with E-state index in [1.54, 1.807) is 10.9 Å². The van der Waals surface area contributed by atoms with Gasteiger partial charge in [0, 0.05) is 22.9 Å². The van der Waals surface area contributed by atoms with Crippen LogP contribution in [0.5, 0.6) is 0 Å². The van der Waals surface area contributed by atoms with Crippen LogP contribution in [0.25, 0.3) is 0 Å². The van der Waals surface area contributed by atoms with E-state index < -0.39 is 0 Å². The number of hydrogen-bond acceptors (Lipinski definition) is 3. The van der Waals surface area contributed by atoms with Crippen molar-refractivity contribution in [1.29, 1.82) is 0 Å². The summed E-state index contributed by atoms with van der Waals surface area (Å²) in [5, 5.41) is 8.93. The molecular formula is C11H12BrN3OS. The number of nitrogens with zero attached hydrogens (tertiary/aromatic N) is 2. The average Bonchev–Trinajstić information content (AvgIpc) is 2.88. The van der Waals surface area contributed by atoms with Gasteiger partial charge in [-0.15, -0.1) is 11.3 Å². The van der Waals surface area contributed by atoms with Crippen LogP contribution in [0.4, 0.5) is 0 Å². The maximum absolute atomic E-state index is 11.9. The highest BCUT2D eigenvalue weighted by Crippen LogP contribution is 2.22.